The first-order valence-corrected chi connectivity index (χ1v) is 9.32. The normalized spacial score (nSPS) is 10.7. The summed E-state index contributed by atoms with van der Waals surface area (Å²) in [7, 11) is 0. The zero-order chi connectivity index (χ0) is 18.8. The van der Waals surface area contributed by atoms with Crippen molar-refractivity contribution in [3.63, 3.8) is 0 Å². The summed E-state index contributed by atoms with van der Waals surface area (Å²) in [6, 6.07) is 12.9. The summed E-state index contributed by atoms with van der Waals surface area (Å²) in [6.07, 6.45) is 0.901. The average molecular weight is 396 g/mol. The summed E-state index contributed by atoms with van der Waals surface area (Å²) in [5.41, 5.74) is 2.66. The maximum atomic E-state index is 12.2. The summed E-state index contributed by atoms with van der Waals surface area (Å²) in [4.78, 5) is 12.2. The van der Waals surface area contributed by atoms with Gasteiger partial charge in [-0.3, -0.25) is 4.79 Å². The quantitative estimate of drug-likeness (QED) is 0.568. The molecule has 0 unspecified atom stereocenters. The van der Waals surface area contributed by atoms with Crippen LogP contribution in [0.3, 0.4) is 0 Å². The summed E-state index contributed by atoms with van der Waals surface area (Å²) < 4.78 is 10.8. The van der Waals surface area contributed by atoms with Gasteiger partial charge in [0.15, 0.2) is 0 Å². The van der Waals surface area contributed by atoms with Crippen LogP contribution in [0.25, 0.3) is 0 Å². The third-order valence-electron chi connectivity index (χ3n) is 3.69. The van der Waals surface area contributed by atoms with Gasteiger partial charge in [-0.2, -0.15) is 0 Å². The molecule has 140 valence electrons. The number of amides is 1. The molecule has 0 bridgehead atoms. The second-order valence-corrected chi connectivity index (χ2v) is 6.58. The number of halogens is 2. The molecule has 26 heavy (non-hydrogen) atoms. The van der Waals surface area contributed by atoms with E-state index < -0.39 is 0 Å². The maximum absolute atomic E-state index is 12.2. The van der Waals surface area contributed by atoms with Crippen LogP contribution in [0.1, 0.15) is 24.5 Å². The lowest BCUT2D eigenvalue weighted by Gasteiger charge is -2.09. The maximum Gasteiger partial charge on any atom is 0.224 e. The second-order valence-electron chi connectivity index (χ2n) is 5.73. The average Bonchev–Trinajstić information content (AvgIpc) is 2.61. The molecule has 2 aromatic carbocycles. The lowest BCUT2D eigenvalue weighted by Crippen LogP contribution is -2.12. The molecule has 0 radical (unpaired) electrons. The number of carbonyl (C=O) groups excluding carboxylic acids is 1. The zero-order valence-corrected chi connectivity index (χ0v) is 16.3. The molecule has 0 spiro atoms. The fourth-order valence-corrected chi connectivity index (χ4v) is 2.89. The molecule has 0 fully saturated rings. The van der Waals surface area contributed by atoms with Gasteiger partial charge in [0.1, 0.15) is 0 Å². The van der Waals surface area contributed by atoms with Crippen LogP contribution in [-0.4, -0.2) is 25.7 Å². The van der Waals surface area contributed by atoms with Gasteiger partial charge in [-0.15, -0.1) is 0 Å². The van der Waals surface area contributed by atoms with Crippen LogP contribution in [0.4, 0.5) is 5.69 Å². The van der Waals surface area contributed by atoms with E-state index in [0.29, 0.717) is 49.3 Å². The number of hydrogen-bond acceptors (Lipinski definition) is 3. The van der Waals surface area contributed by atoms with E-state index in [1.54, 1.807) is 12.1 Å². The van der Waals surface area contributed by atoms with Gasteiger partial charge in [-0.1, -0.05) is 41.4 Å². The summed E-state index contributed by atoms with van der Waals surface area (Å²) in [6.45, 7) is 4.25. The highest BCUT2D eigenvalue weighted by atomic mass is 35.5. The van der Waals surface area contributed by atoms with E-state index in [1.807, 2.05) is 37.3 Å². The second kappa shape index (κ2) is 11.2. The van der Waals surface area contributed by atoms with Crippen molar-refractivity contribution in [3.05, 3.63) is 63.6 Å². The molecular weight excluding hydrogens is 373 g/mol. The Morgan fingerprint density at radius 1 is 1.08 bits per heavy atom. The van der Waals surface area contributed by atoms with Gasteiger partial charge < -0.3 is 14.8 Å². The Hall–Kier alpha value is -1.59. The highest BCUT2D eigenvalue weighted by molar-refractivity contribution is 6.35. The van der Waals surface area contributed by atoms with E-state index in [2.05, 4.69) is 5.32 Å². The van der Waals surface area contributed by atoms with Crippen LogP contribution >= 0.6 is 23.2 Å². The van der Waals surface area contributed by atoms with Crippen molar-refractivity contribution >= 4 is 34.8 Å². The van der Waals surface area contributed by atoms with E-state index in [0.717, 1.165) is 16.8 Å². The van der Waals surface area contributed by atoms with Crippen LogP contribution in [0.2, 0.25) is 10.0 Å². The molecule has 0 aliphatic carbocycles. The third-order valence-corrected chi connectivity index (χ3v) is 4.28. The van der Waals surface area contributed by atoms with Gasteiger partial charge in [-0.25, -0.2) is 0 Å². The molecule has 0 atom stereocenters. The van der Waals surface area contributed by atoms with E-state index in [9.17, 15) is 4.79 Å². The molecule has 2 rings (SSSR count). The third kappa shape index (κ3) is 7.34. The van der Waals surface area contributed by atoms with Crippen molar-refractivity contribution in [2.24, 2.45) is 0 Å². The van der Waals surface area contributed by atoms with E-state index in [1.165, 1.54) is 0 Å². The SMILES string of the molecule is CCOCCOCc1cccc(NC(=O)CCc2ccc(Cl)cc2Cl)c1. The van der Waals surface area contributed by atoms with Crippen LogP contribution in [0.5, 0.6) is 0 Å². The van der Waals surface area contributed by atoms with Crippen LogP contribution < -0.4 is 5.32 Å². The molecule has 6 heteroatoms. The van der Waals surface area contributed by atoms with Gasteiger partial charge in [0.2, 0.25) is 5.91 Å². The molecule has 2 aromatic rings. The van der Waals surface area contributed by atoms with Crippen LogP contribution in [0.15, 0.2) is 42.5 Å². The molecular formula is C20H23Cl2NO3. The molecule has 0 aromatic heterocycles. The largest absolute Gasteiger partial charge is 0.379 e. The highest BCUT2D eigenvalue weighted by Crippen LogP contribution is 2.22. The Balaban J connectivity index is 1.80. The first-order valence-electron chi connectivity index (χ1n) is 8.56. The van der Waals surface area contributed by atoms with Crippen LogP contribution in [-0.2, 0) is 27.3 Å². The number of nitrogens with one attached hydrogen (secondary N) is 1. The van der Waals surface area contributed by atoms with Crippen LogP contribution in [0, 0.1) is 0 Å². The van der Waals surface area contributed by atoms with Crippen molar-refractivity contribution in [1.29, 1.82) is 0 Å². The molecule has 1 amide bonds. The fourth-order valence-electron chi connectivity index (χ4n) is 2.39. The highest BCUT2D eigenvalue weighted by Gasteiger charge is 2.07. The number of aryl methyl sites for hydroxylation is 1. The minimum absolute atomic E-state index is 0.0644. The van der Waals surface area contributed by atoms with Crippen molar-refractivity contribution in [2.45, 2.75) is 26.4 Å². The number of benzene rings is 2. The molecule has 0 aliphatic heterocycles. The summed E-state index contributed by atoms with van der Waals surface area (Å²) in [5, 5.41) is 4.07. The zero-order valence-electron chi connectivity index (χ0n) is 14.8. The van der Waals surface area contributed by atoms with Gasteiger partial charge >= 0.3 is 0 Å². The summed E-state index contributed by atoms with van der Waals surface area (Å²) in [5.74, 6) is -0.0644. The minimum atomic E-state index is -0.0644. The number of rotatable bonds is 10. The van der Waals surface area contributed by atoms with Crippen molar-refractivity contribution in [3.8, 4) is 0 Å². The molecule has 0 heterocycles. The Kier molecular flexibility index (Phi) is 8.92. The molecule has 0 aliphatic rings. The van der Waals surface area contributed by atoms with Crippen molar-refractivity contribution < 1.29 is 14.3 Å². The van der Waals surface area contributed by atoms with E-state index >= 15 is 0 Å². The topological polar surface area (TPSA) is 47.6 Å². The van der Waals surface area contributed by atoms with Crippen molar-refractivity contribution in [1.82, 2.24) is 0 Å². The number of carbonyl (C=O) groups is 1. The Bertz CT molecular complexity index is 722. The van der Waals surface area contributed by atoms with Gasteiger partial charge in [-0.05, 0) is 48.7 Å². The first-order chi connectivity index (χ1) is 12.6. The molecule has 1 N–H and O–H groups in total. The molecule has 4 nitrogen and oxygen atoms in total. The predicted octanol–water partition coefficient (Wildman–Crippen LogP) is 5.12. The first kappa shape index (κ1) is 20.7. The Labute approximate surface area is 164 Å². The molecule has 0 saturated heterocycles. The lowest BCUT2D eigenvalue weighted by molar-refractivity contribution is -0.116. The smallest absolute Gasteiger partial charge is 0.224 e. The van der Waals surface area contributed by atoms with E-state index in [4.69, 9.17) is 32.7 Å². The van der Waals surface area contributed by atoms with Gasteiger partial charge in [0, 0.05) is 28.8 Å². The summed E-state index contributed by atoms with van der Waals surface area (Å²) >= 11 is 12.0. The van der Waals surface area contributed by atoms with Gasteiger partial charge in [0.05, 0.1) is 19.8 Å². The number of ether oxygens (including phenoxy) is 2. The lowest BCUT2D eigenvalue weighted by atomic mass is 10.1. The number of hydrogen-bond donors (Lipinski definition) is 1. The molecule has 0 saturated carbocycles. The standard InChI is InChI=1S/C20H23Cl2NO3/c1-2-25-10-11-26-14-15-4-3-5-18(12-15)23-20(24)9-7-16-6-8-17(21)13-19(16)22/h3-6,8,12-13H,2,7,9-11,14H2,1H3,(H,23,24). The van der Waals surface area contributed by atoms with E-state index in [-0.39, 0.29) is 5.91 Å². The predicted molar refractivity (Wildman–Crippen MR) is 106 cm³/mol. The minimum Gasteiger partial charge on any atom is -0.379 e. The number of anilines is 1. The van der Waals surface area contributed by atoms with Gasteiger partial charge in [0.25, 0.3) is 0 Å². The Morgan fingerprint density at radius 2 is 1.88 bits per heavy atom. The Morgan fingerprint density at radius 3 is 2.65 bits per heavy atom. The monoisotopic (exact) mass is 395 g/mol. The fraction of sp³-hybridized carbons (Fsp3) is 0.350. The van der Waals surface area contributed by atoms with Crippen molar-refractivity contribution in [2.75, 3.05) is 25.1 Å².